The van der Waals surface area contributed by atoms with Crippen molar-refractivity contribution in [3.8, 4) is 0 Å². The molecule has 0 saturated heterocycles. The summed E-state index contributed by atoms with van der Waals surface area (Å²) in [7, 11) is 0. The Bertz CT molecular complexity index is 1120. The summed E-state index contributed by atoms with van der Waals surface area (Å²) in [5.74, 6) is 0.752. The first-order valence-electron chi connectivity index (χ1n) is 7.73. The van der Waals surface area contributed by atoms with Gasteiger partial charge in [0, 0.05) is 10.2 Å². The second-order valence-corrected chi connectivity index (χ2v) is 6.39. The third-order valence-corrected chi connectivity index (χ3v) is 4.07. The fourth-order valence-electron chi connectivity index (χ4n) is 2.22. The molecular weight excluding hydrogens is 418 g/mol. The zero-order valence-corrected chi connectivity index (χ0v) is 15.7. The van der Waals surface area contributed by atoms with Gasteiger partial charge < -0.3 is 5.32 Å². The fraction of sp³-hybridized carbons (Fsp3) is 0.133. The van der Waals surface area contributed by atoms with E-state index < -0.39 is 0 Å². The van der Waals surface area contributed by atoms with Crippen molar-refractivity contribution in [2.24, 2.45) is 5.10 Å². The van der Waals surface area contributed by atoms with Gasteiger partial charge in [-0.25, -0.2) is 14.2 Å². The zero-order valence-electron chi connectivity index (χ0n) is 14.1. The molecular formula is C15H12BrN9O2. The van der Waals surface area contributed by atoms with Crippen molar-refractivity contribution in [2.75, 3.05) is 10.7 Å². The lowest BCUT2D eigenvalue weighted by Crippen LogP contribution is -2.06. The first-order valence-corrected chi connectivity index (χ1v) is 8.52. The van der Waals surface area contributed by atoms with Gasteiger partial charge in [0.2, 0.25) is 11.3 Å². The zero-order chi connectivity index (χ0) is 18.8. The number of rotatable bonds is 5. The quantitative estimate of drug-likeness (QED) is 0.359. The highest BCUT2D eigenvalue weighted by atomic mass is 79.9. The lowest BCUT2D eigenvalue weighted by atomic mass is 10.2. The molecule has 0 bridgehead atoms. The van der Waals surface area contributed by atoms with E-state index in [2.05, 4.69) is 67.0 Å². The molecule has 12 heteroatoms. The molecule has 0 fully saturated rings. The van der Waals surface area contributed by atoms with E-state index in [1.165, 1.54) is 0 Å². The predicted molar refractivity (Wildman–Crippen MR) is 99.7 cm³/mol. The number of hydrogen-bond donors (Lipinski definition) is 2. The van der Waals surface area contributed by atoms with Crippen LogP contribution in [0, 0.1) is 6.92 Å². The normalized spacial score (nSPS) is 11.7. The van der Waals surface area contributed by atoms with E-state index >= 15 is 0 Å². The van der Waals surface area contributed by atoms with E-state index in [-0.39, 0.29) is 11.3 Å². The number of aromatic nitrogens is 6. The molecule has 0 aliphatic rings. The molecule has 27 heavy (non-hydrogen) atoms. The summed E-state index contributed by atoms with van der Waals surface area (Å²) in [4.78, 5) is 8.73. The lowest BCUT2D eigenvalue weighted by Gasteiger charge is -2.09. The number of benzene rings is 1. The van der Waals surface area contributed by atoms with Crippen LogP contribution in [0.4, 0.5) is 17.3 Å². The highest BCUT2D eigenvalue weighted by molar-refractivity contribution is 9.10. The molecule has 11 nitrogen and oxygen atoms in total. The molecule has 0 aliphatic heterocycles. The Morgan fingerprint density at radius 2 is 1.63 bits per heavy atom. The summed E-state index contributed by atoms with van der Waals surface area (Å²) < 4.78 is 10.3. The van der Waals surface area contributed by atoms with E-state index in [9.17, 15) is 0 Å². The number of halogens is 1. The Morgan fingerprint density at radius 3 is 2.30 bits per heavy atom. The second kappa shape index (κ2) is 7.07. The maximum absolute atomic E-state index is 4.69. The van der Waals surface area contributed by atoms with Crippen LogP contribution in [0.5, 0.6) is 0 Å². The van der Waals surface area contributed by atoms with E-state index in [0.717, 1.165) is 10.2 Å². The fourth-order valence-corrected chi connectivity index (χ4v) is 2.49. The van der Waals surface area contributed by atoms with Gasteiger partial charge >= 0.3 is 0 Å². The molecule has 0 radical (unpaired) electrons. The number of hydrogen-bond acceptors (Lipinski definition) is 11. The lowest BCUT2D eigenvalue weighted by molar-refractivity contribution is 0.304. The molecule has 4 aromatic rings. The Hall–Kier alpha value is -3.41. The Kier molecular flexibility index (Phi) is 4.46. The molecule has 2 N–H and O–H groups in total. The standard InChI is InChI=1S/C15H12BrN9O2/c1-7(11-8(2)22-26-23-11)20-21-13-12(17-10-5-3-9(16)4-6-10)18-14-15(19-13)25-27-24-14/h3-6H,1-2H3,(H,17,18,24)(H,19,21,25)/b20-7-. The molecule has 4 rings (SSSR count). The van der Waals surface area contributed by atoms with Crippen molar-refractivity contribution in [3.63, 3.8) is 0 Å². The number of aryl methyl sites for hydroxylation is 1. The molecule has 136 valence electrons. The van der Waals surface area contributed by atoms with Crippen molar-refractivity contribution in [2.45, 2.75) is 13.8 Å². The molecule has 0 amide bonds. The monoisotopic (exact) mass is 429 g/mol. The molecule has 3 heterocycles. The van der Waals surface area contributed by atoms with Crippen LogP contribution in [0.1, 0.15) is 18.3 Å². The average Bonchev–Trinajstić information content (AvgIpc) is 3.29. The van der Waals surface area contributed by atoms with Crippen LogP contribution in [0.25, 0.3) is 11.3 Å². The SMILES string of the molecule is C/C(=N/Nc1nc2nonc2nc1Nc1ccc(Br)cc1)c1nonc1C. The molecule has 1 aromatic carbocycles. The van der Waals surface area contributed by atoms with Crippen LogP contribution in [0.15, 0.2) is 43.1 Å². The summed E-state index contributed by atoms with van der Waals surface area (Å²) in [5.41, 5.74) is 5.95. The van der Waals surface area contributed by atoms with Crippen molar-refractivity contribution in [3.05, 3.63) is 40.1 Å². The maximum Gasteiger partial charge on any atom is 0.245 e. The third kappa shape index (κ3) is 3.60. The Labute approximate surface area is 160 Å². The van der Waals surface area contributed by atoms with Gasteiger partial charge in [-0.15, -0.1) is 0 Å². The smallest absolute Gasteiger partial charge is 0.245 e. The number of anilines is 3. The largest absolute Gasteiger partial charge is 0.337 e. The summed E-state index contributed by atoms with van der Waals surface area (Å²) in [6.07, 6.45) is 0. The number of hydrazone groups is 1. The van der Waals surface area contributed by atoms with Crippen molar-refractivity contribution in [1.29, 1.82) is 0 Å². The summed E-state index contributed by atoms with van der Waals surface area (Å²) in [6, 6.07) is 7.59. The molecule has 0 atom stereocenters. The Morgan fingerprint density at radius 1 is 0.963 bits per heavy atom. The number of fused-ring (bicyclic) bond motifs is 1. The van der Waals surface area contributed by atoms with Gasteiger partial charge in [0.15, 0.2) is 17.3 Å². The maximum atomic E-state index is 4.69. The Balaban J connectivity index is 1.67. The van der Waals surface area contributed by atoms with Gasteiger partial charge in [-0.3, -0.25) is 5.43 Å². The van der Waals surface area contributed by atoms with Crippen molar-refractivity contribution in [1.82, 2.24) is 30.6 Å². The summed E-state index contributed by atoms with van der Waals surface area (Å²) >= 11 is 3.40. The molecule has 0 spiro atoms. The highest BCUT2D eigenvalue weighted by Crippen LogP contribution is 2.25. The molecule has 0 unspecified atom stereocenters. The molecule has 0 aliphatic carbocycles. The van der Waals surface area contributed by atoms with Gasteiger partial charge in [-0.1, -0.05) is 21.1 Å². The highest BCUT2D eigenvalue weighted by Gasteiger charge is 2.14. The van der Waals surface area contributed by atoms with Gasteiger partial charge in [0.25, 0.3) is 0 Å². The average molecular weight is 430 g/mol. The van der Waals surface area contributed by atoms with E-state index in [1.807, 2.05) is 24.3 Å². The minimum Gasteiger partial charge on any atom is -0.337 e. The van der Waals surface area contributed by atoms with Crippen LogP contribution < -0.4 is 10.7 Å². The van der Waals surface area contributed by atoms with Gasteiger partial charge in [-0.2, -0.15) is 10.1 Å². The van der Waals surface area contributed by atoms with Crippen LogP contribution in [-0.4, -0.2) is 36.3 Å². The van der Waals surface area contributed by atoms with Crippen LogP contribution >= 0.6 is 15.9 Å². The van der Waals surface area contributed by atoms with Gasteiger partial charge in [0.1, 0.15) is 5.69 Å². The number of nitrogens with one attached hydrogen (secondary N) is 2. The second-order valence-electron chi connectivity index (χ2n) is 5.47. The molecule has 0 saturated carbocycles. The van der Waals surface area contributed by atoms with Crippen molar-refractivity contribution >= 4 is 50.3 Å². The van der Waals surface area contributed by atoms with Gasteiger partial charge in [-0.05, 0) is 53.6 Å². The third-order valence-electron chi connectivity index (χ3n) is 3.55. The van der Waals surface area contributed by atoms with E-state index in [1.54, 1.807) is 13.8 Å². The van der Waals surface area contributed by atoms with E-state index in [4.69, 9.17) is 4.63 Å². The van der Waals surface area contributed by atoms with Crippen molar-refractivity contribution < 1.29 is 9.26 Å². The van der Waals surface area contributed by atoms with Crippen LogP contribution in [-0.2, 0) is 0 Å². The molecule has 3 aromatic heterocycles. The summed E-state index contributed by atoms with van der Waals surface area (Å²) in [5, 5.41) is 22.4. The minimum absolute atomic E-state index is 0.256. The first-order chi connectivity index (χ1) is 13.1. The van der Waals surface area contributed by atoms with Crippen LogP contribution in [0.2, 0.25) is 0 Å². The number of nitrogens with zero attached hydrogens (tertiary/aromatic N) is 7. The van der Waals surface area contributed by atoms with E-state index in [0.29, 0.717) is 28.7 Å². The van der Waals surface area contributed by atoms with Gasteiger partial charge in [0.05, 0.1) is 5.71 Å². The predicted octanol–water partition coefficient (Wildman–Crippen LogP) is 3.05. The topological polar surface area (TPSA) is 140 Å². The minimum atomic E-state index is 0.256. The van der Waals surface area contributed by atoms with Crippen LogP contribution in [0.3, 0.4) is 0 Å². The summed E-state index contributed by atoms with van der Waals surface area (Å²) in [6.45, 7) is 3.54. The first kappa shape index (κ1) is 17.0.